The molecule has 0 atom stereocenters. The number of hydrogen-bond acceptors (Lipinski definition) is 7. The van der Waals surface area contributed by atoms with Crippen molar-refractivity contribution in [2.75, 3.05) is 25.6 Å². The van der Waals surface area contributed by atoms with E-state index in [2.05, 4.69) is 5.32 Å². The lowest BCUT2D eigenvalue weighted by Gasteiger charge is -2.11. The second kappa shape index (κ2) is 9.36. The van der Waals surface area contributed by atoms with E-state index in [4.69, 9.17) is 14.2 Å². The van der Waals surface area contributed by atoms with E-state index in [1.807, 2.05) is 6.92 Å². The third-order valence-electron chi connectivity index (χ3n) is 3.74. The third kappa shape index (κ3) is 5.19. The summed E-state index contributed by atoms with van der Waals surface area (Å²) < 4.78 is 15.5. The Morgan fingerprint density at radius 2 is 1.89 bits per heavy atom. The standard InChI is InChI=1S/C19H20N2O7/c1-4-27-16-8-6-13(9-17(16)26-3)19(23)28-11-18(22)20-15-10-14(21(24)25)7-5-12(15)2/h5-10H,4,11H2,1-3H3,(H,20,22). The predicted octanol–water partition coefficient (Wildman–Crippen LogP) is 3.11. The van der Waals surface area contributed by atoms with Crippen LogP contribution in [0.15, 0.2) is 36.4 Å². The zero-order valence-corrected chi connectivity index (χ0v) is 15.7. The molecule has 1 N–H and O–H groups in total. The number of nitrogens with one attached hydrogen (secondary N) is 1. The number of ether oxygens (including phenoxy) is 3. The Morgan fingerprint density at radius 1 is 1.14 bits per heavy atom. The first kappa shape index (κ1) is 20.7. The summed E-state index contributed by atoms with van der Waals surface area (Å²) in [5, 5.41) is 13.3. The van der Waals surface area contributed by atoms with Crippen LogP contribution in [0.25, 0.3) is 0 Å². The minimum atomic E-state index is -0.715. The minimum absolute atomic E-state index is 0.153. The van der Waals surface area contributed by atoms with Crippen LogP contribution in [-0.2, 0) is 9.53 Å². The summed E-state index contributed by atoms with van der Waals surface area (Å²) in [4.78, 5) is 34.5. The van der Waals surface area contributed by atoms with E-state index < -0.39 is 23.4 Å². The predicted molar refractivity (Wildman–Crippen MR) is 101 cm³/mol. The fourth-order valence-corrected chi connectivity index (χ4v) is 2.33. The fraction of sp³-hybridized carbons (Fsp3) is 0.263. The summed E-state index contributed by atoms with van der Waals surface area (Å²) in [6.45, 7) is 3.41. The number of rotatable bonds is 8. The molecule has 0 saturated heterocycles. The molecule has 0 saturated carbocycles. The van der Waals surface area contributed by atoms with Crippen LogP contribution < -0.4 is 14.8 Å². The van der Waals surface area contributed by atoms with Crippen LogP contribution in [0.2, 0.25) is 0 Å². The zero-order valence-electron chi connectivity index (χ0n) is 15.7. The molecule has 0 aliphatic carbocycles. The van der Waals surface area contributed by atoms with Crippen molar-refractivity contribution in [1.29, 1.82) is 0 Å². The van der Waals surface area contributed by atoms with Crippen molar-refractivity contribution in [3.8, 4) is 11.5 Å². The van der Waals surface area contributed by atoms with Crippen molar-refractivity contribution >= 4 is 23.3 Å². The van der Waals surface area contributed by atoms with Gasteiger partial charge in [-0.2, -0.15) is 0 Å². The van der Waals surface area contributed by atoms with Gasteiger partial charge < -0.3 is 19.5 Å². The molecular formula is C19H20N2O7. The van der Waals surface area contributed by atoms with Crippen LogP contribution in [0.1, 0.15) is 22.8 Å². The lowest BCUT2D eigenvalue weighted by molar-refractivity contribution is -0.384. The Balaban J connectivity index is 2.00. The van der Waals surface area contributed by atoms with Gasteiger partial charge in [0.2, 0.25) is 0 Å². The number of anilines is 1. The summed E-state index contributed by atoms with van der Waals surface area (Å²) in [6.07, 6.45) is 0. The molecule has 2 aromatic carbocycles. The number of hydrogen-bond donors (Lipinski definition) is 1. The van der Waals surface area contributed by atoms with Crippen LogP contribution in [0.4, 0.5) is 11.4 Å². The third-order valence-corrected chi connectivity index (χ3v) is 3.74. The summed E-state index contributed by atoms with van der Waals surface area (Å²) in [7, 11) is 1.45. The van der Waals surface area contributed by atoms with Crippen LogP contribution >= 0.6 is 0 Å². The number of esters is 1. The number of nitrogens with zero attached hydrogens (tertiary/aromatic N) is 1. The van der Waals surface area contributed by atoms with Crippen molar-refractivity contribution in [3.05, 3.63) is 57.6 Å². The van der Waals surface area contributed by atoms with Gasteiger partial charge in [0.1, 0.15) is 0 Å². The van der Waals surface area contributed by atoms with Crippen molar-refractivity contribution in [2.24, 2.45) is 0 Å². The average molecular weight is 388 g/mol. The molecule has 0 bridgehead atoms. The van der Waals surface area contributed by atoms with Gasteiger partial charge in [0.25, 0.3) is 11.6 Å². The topological polar surface area (TPSA) is 117 Å². The molecule has 28 heavy (non-hydrogen) atoms. The van der Waals surface area contributed by atoms with Crippen LogP contribution in [-0.4, -0.2) is 37.1 Å². The van der Waals surface area contributed by atoms with Crippen molar-refractivity contribution in [2.45, 2.75) is 13.8 Å². The first-order valence-electron chi connectivity index (χ1n) is 8.38. The van der Waals surface area contributed by atoms with Gasteiger partial charge in [-0.05, 0) is 37.6 Å². The second-order valence-electron chi connectivity index (χ2n) is 5.68. The monoisotopic (exact) mass is 388 g/mol. The molecule has 2 rings (SSSR count). The van der Waals surface area contributed by atoms with E-state index in [9.17, 15) is 19.7 Å². The summed E-state index contributed by atoms with van der Waals surface area (Å²) in [5.41, 5.74) is 0.957. The SMILES string of the molecule is CCOc1ccc(C(=O)OCC(=O)Nc2cc([N+](=O)[O-])ccc2C)cc1OC. The molecule has 9 nitrogen and oxygen atoms in total. The average Bonchev–Trinajstić information content (AvgIpc) is 2.68. The van der Waals surface area contributed by atoms with Gasteiger partial charge in [-0.15, -0.1) is 0 Å². The number of benzene rings is 2. The van der Waals surface area contributed by atoms with Gasteiger partial charge >= 0.3 is 5.97 Å². The van der Waals surface area contributed by atoms with Gasteiger partial charge in [0.15, 0.2) is 18.1 Å². The summed E-state index contributed by atoms with van der Waals surface area (Å²) >= 11 is 0. The van der Waals surface area contributed by atoms with E-state index in [1.165, 1.54) is 37.4 Å². The Morgan fingerprint density at radius 3 is 2.54 bits per heavy atom. The zero-order chi connectivity index (χ0) is 20.7. The maximum atomic E-state index is 12.2. The molecule has 0 spiro atoms. The Bertz CT molecular complexity index is 896. The lowest BCUT2D eigenvalue weighted by Crippen LogP contribution is -2.21. The smallest absolute Gasteiger partial charge is 0.338 e. The van der Waals surface area contributed by atoms with Gasteiger partial charge in [-0.1, -0.05) is 6.07 Å². The highest BCUT2D eigenvalue weighted by atomic mass is 16.6. The van der Waals surface area contributed by atoms with Crippen LogP contribution in [0, 0.1) is 17.0 Å². The molecule has 2 aromatic rings. The summed E-state index contributed by atoms with van der Waals surface area (Å²) in [5.74, 6) is -0.476. The Kier molecular flexibility index (Phi) is 6.91. The number of nitro benzene ring substituents is 1. The van der Waals surface area contributed by atoms with Crippen molar-refractivity contribution < 1.29 is 28.7 Å². The molecule has 0 aliphatic rings. The van der Waals surface area contributed by atoms with E-state index in [1.54, 1.807) is 13.0 Å². The highest BCUT2D eigenvalue weighted by Gasteiger charge is 2.15. The first-order valence-corrected chi connectivity index (χ1v) is 8.38. The highest BCUT2D eigenvalue weighted by Crippen LogP contribution is 2.28. The Labute approximate surface area is 161 Å². The molecule has 0 aliphatic heterocycles. The number of amides is 1. The van der Waals surface area contributed by atoms with E-state index in [0.717, 1.165) is 0 Å². The molecule has 148 valence electrons. The normalized spacial score (nSPS) is 10.1. The van der Waals surface area contributed by atoms with Crippen LogP contribution in [0.5, 0.6) is 11.5 Å². The number of aryl methyl sites for hydroxylation is 1. The van der Waals surface area contributed by atoms with Crippen molar-refractivity contribution in [1.82, 2.24) is 0 Å². The molecular weight excluding hydrogens is 368 g/mol. The molecule has 1 amide bonds. The lowest BCUT2D eigenvalue weighted by atomic mass is 10.2. The van der Waals surface area contributed by atoms with E-state index >= 15 is 0 Å². The van der Waals surface area contributed by atoms with Crippen molar-refractivity contribution in [3.63, 3.8) is 0 Å². The molecule has 0 radical (unpaired) electrons. The Hall–Kier alpha value is -3.62. The molecule has 0 unspecified atom stereocenters. The summed E-state index contributed by atoms with van der Waals surface area (Å²) in [6, 6.07) is 8.63. The molecule has 0 heterocycles. The number of carbonyl (C=O) groups excluding carboxylic acids is 2. The highest BCUT2D eigenvalue weighted by molar-refractivity contribution is 5.96. The molecule has 9 heteroatoms. The number of carbonyl (C=O) groups is 2. The number of methoxy groups -OCH3 is 1. The number of nitro groups is 1. The maximum absolute atomic E-state index is 12.2. The van der Waals surface area contributed by atoms with Gasteiger partial charge in [0.05, 0.1) is 29.9 Å². The van der Waals surface area contributed by atoms with Gasteiger partial charge in [-0.3, -0.25) is 14.9 Å². The van der Waals surface area contributed by atoms with Gasteiger partial charge in [-0.25, -0.2) is 4.79 Å². The molecule has 0 aromatic heterocycles. The maximum Gasteiger partial charge on any atom is 0.338 e. The fourth-order valence-electron chi connectivity index (χ4n) is 2.33. The van der Waals surface area contributed by atoms with E-state index in [0.29, 0.717) is 23.7 Å². The van der Waals surface area contributed by atoms with Gasteiger partial charge in [0, 0.05) is 12.1 Å². The first-order chi connectivity index (χ1) is 13.3. The minimum Gasteiger partial charge on any atom is -0.493 e. The number of non-ortho nitro benzene ring substituents is 1. The quantitative estimate of drug-likeness (QED) is 0.419. The largest absolute Gasteiger partial charge is 0.493 e. The van der Waals surface area contributed by atoms with E-state index in [-0.39, 0.29) is 16.9 Å². The second-order valence-corrected chi connectivity index (χ2v) is 5.68. The molecule has 0 fully saturated rings. The van der Waals surface area contributed by atoms with Crippen LogP contribution in [0.3, 0.4) is 0 Å².